The predicted molar refractivity (Wildman–Crippen MR) is 94.0 cm³/mol. The van der Waals surface area contributed by atoms with Gasteiger partial charge in [-0.1, -0.05) is 46.6 Å². The van der Waals surface area contributed by atoms with E-state index >= 15 is 0 Å². The van der Waals surface area contributed by atoms with Gasteiger partial charge < -0.3 is 5.11 Å². The minimum absolute atomic E-state index is 0.575. The maximum absolute atomic E-state index is 10.6. The summed E-state index contributed by atoms with van der Waals surface area (Å²) in [6.07, 6.45) is 3.40. The minimum Gasteiger partial charge on any atom is -0.384 e. The zero-order valence-corrected chi connectivity index (χ0v) is 14.8. The Kier molecular flexibility index (Phi) is 4.48. The van der Waals surface area contributed by atoms with Crippen LogP contribution in [0.3, 0.4) is 0 Å². The van der Waals surface area contributed by atoms with Crippen LogP contribution < -0.4 is 0 Å². The number of halogens is 2. The van der Waals surface area contributed by atoms with Crippen molar-refractivity contribution in [1.29, 1.82) is 0 Å². The molecule has 3 rings (SSSR count). The van der Waals surface area contributed by atoms with Crippen molar-refractivity contribution < 1.29 is 5.11 Å². The predicted octanol–water partition coefficient (Wildman–Crippen LogP) is 5.40. The van der Waals surface area contributed by atoms with Crippen LogP contribution in [0.5, 0.6) is 0 Å². The molecule has 1 aliphatic carbocycles. The molecule has 0 aliphatic heterocycles. The Hall–Kier alpha value is -0.390. The van der Waals surface area contributed by atoms with Crippen molar-refractivity contribution in [1.82, 2.24) is 0 Å². The number of rotatable bonds is 3. The number of hydrogen-bond donors (Lipinski definition) is 1. The van der Waals surface area contributed by atoms with E-state index in [9.17, 15) is 5.11 Å². The minimum atomic E-state index is -0.575. The Balaban J connectivity index is 1.85. The van der Waals surface area contributed by atoms with Crippen LogP contribution in [-0.2, 0) is 0 Å². The molecule has 0 aromatic heterocycles. The van der Waals surface area contributed by atoms with E-state index in [1.54, 1.807) is 0 Å². The van der Waals surface area contributed by atoms with Crippen LogP contribution in [0.2, 0.25) is 0 Å². The van der Waals surface area contributed by atoms with E-state index in [1.165, 1.54) is 24.8 Å². The first-order valence-corrected chi connectivity index (χ1v) is 8.75. The number of hydrogen-bond acceptors (Lipinski definition) is 1. The Morgan fingerprint density at radius 2 is 1.80 bits per heavy atom. The molecule has 104 valence electrons. The summed E-state index contributed by atoms with van der Waals surface area (Å²) in [5.41, 5.74) is 3.29. The highest BCUT2D eigenvalue weighted by Gasteiger charge is 2.20. The van der Waals surface area contributed by atoms with E-state index in [4.69, 9.17) is 0 Å². The molecular formula is C17H16BrIO. The van der Waals surface area contributed by atoms with Crippen molar-refractivity contribution in [3.63, 3.8) is 0 Å². The summed E-state index contributed by atoms with van der Waals surface area (Å²) in [5.74, 6) is 0.741. The number of aliphatic hydroxyl groups excluding tert-OH is 1. The molecule has 2 aromatic rings. The van der Waals surface area contributed by atoms with Crippen molar-refractivity contribution in [2.24, 2.45) is 0 Å². The van der Waals surface area contributed by atoms with E-state index in [0.717, 1.165) is 25.1 Å². The largest absolute Gasteiger partial charge is 0.384 e. The zero-order valence-electron chi connectivity index (χ0n) is 11.0. The smallest absolute Gasteiger partial charge is 0.105 e. The van der Waals surface area contributed by atoms with Crippen LogP contribution in [0, 0.1) is 3.57 Å². The second kappa shape index (κ2) is 6.16. The fourth-order valence-electron chi connectivity index (χ4n) is 2.60. The zero-order chi connectivity index (χ0) is 14.1. The lowest BCUT2D eigenvalue weighted by molar-refractivity contribution is 0.219. The molecule has 0 heterocycles. The fraction of sp³-hybridized carbons (Fsp3) is 0.294. The van der Waals surface area contributed by atoms with Crippen molar-refractivity contribution in [3.05, 3.63) is 67.2 Å². The molecule has 1 aliphatic rings. The van der Waals surface area contributed by atoms with Gasteiger partial charge in [0.2, 0.25) is 0 Å². The van der Waals surface area contributed by atoms with Crippen molar-refractivity contribution >= 4 is 38.5 Å². The molecule has 1 N–H and O–H groups in total. The van der Waals surface area contributed by atoms with Gasteiger partial charge in [0.15, 0.2) is 0 Å². The molecule has 1 saturated carbocycles. The number of benzene rings is 2. The third kappa shape index (κ3) is 2.95. The van der Waals surface area contributed by atoms with Gasteiger partial charge in [0.05, 0.1) is 0 Å². The first kappa shape index (κ1) is 14.5. The Bertz CT molecular complexity index is 605. The highest BCUT2D eigenvalue weighted by Crippen LogP contribution is 2.37. The van der Waals surface area contributed by atoms with Gasteiger partial charge in [0.1, 0.15) is 6.10 Å². The lowest BCUT2D eigenvalue weighted by Crippen LogP contribution is -2.09. The van der Waals surface area contributed by atoms with Gasteiger partial charge in [0.25, 0.3) is 0 Å². The second-order valence-electron chi connectivity index (χ2n) is 5.36. The molecular weight excluding hydrogens is 427 g/mol. The van der Waals surface area contributed by atoms with Crippen LogP contribution in [0.25, 0.3) is 0 Å². The highest BCUT2D eigenvalue weighted by molar-refractivity contribution is 14.1. The van der Waals surface area contributed by atoms with Crippen molar-refractivity contribution in [3.8, 4) is 0 Å². The van der Waals surface area contributed by atoms with E-state index < -0.39 is 6.10 Å². The molecule has 3 heteroatoms. The van der Waals surface area contributed by atoms with E-state index in [0.29, 0.717) is 0 Å². The topological polar surface area (TPSA) is 20.2 Å². The summed E-state index contributed by atoms with van der Waals surface area (Å²) in [7, 11) is 0. The van der Waals surface area contributed by atoms with Gasteiger partial charge in [-0.25, -0.2) is 0 Å². The van der Waals surface area contributed by atoms with Crippen molar-refractivity contribution in [2.45, 2.75) is 31.3 Å². The van der Waals surface area contributed by atoms with Crippen LogP contribution in [0.15, 0.2) is 46.9 Å². The molecule has 0 radical (unpaired) electrons. The molecule has 2 aromatic carbocycles. The summed E-state index contributed by atoms with van der Waals surface area (Å²) in [4.78, 5) is 0. The van der Waals surface area contributed by atoms with Crippen LogP contribution >= 0.6 is 38.5 Å². The molecule has 1 unspecified atom stereocenters. The lowest BCUT2D eigenvalue weighted by atomic mass is 9.80. The average molecular weight is 443 g/mol. The molecule has 0 amide bonds. The molecule has 1 nitrogen and oxygen atoms in total. The highest BCUT2D eigenvalue weighted by atomic mass is 127. The maximum Gasteiger partial charge on any atom is 0.105 e. The monoisotopic (exact) mass is 442 g/mol. The van der Waals surface area contributed by atoms with E-state index in [1.807, 2.05) is 18.2 Å². The molecule has 0 bridgehead atoms. The van der Waals surface area contributed by atoms with Gasteiger partial charge >= 0.3 is 0 Å². The Labute approximate surface area is 141 Å². The van der Waals surface area contributed by atoms with Gasteiger partial charge in [0, 0.05) is 13.6 Å². The first-order valence-electron chi connectivity index (χ1n) is 6.88. The van der Waals surface area contributed by atoms with Gasteiger partial charge in [-0.2, -0.15) is 0 Å². The van der Waals surface area contributed by atoms with E-state index in [2.05, 4.69) is 62.8 Å². The molecule has 1 fully saturated rings. The Morgan fingerprint density at radius 1 is 1.10 bits per heavy atom. The summed E-state index contributed by atoms with van der Waals surface area (Å²) in [5, 5.41) is 10.6. The summed E-state index contributed by atoms with van der Waals surface area (Å²) in [6.45, 7) is 0. The maximum atomic E-state index is 10.6. The van der Waals surface area contributed by atoms with Gasteiger partial charge in [-0.3, -0.25) is 0 Å². The normalized spacial score (nSPS) is 16.8. The summed E-state index contributed by atoms with van der Waals surface area (Å²) < 4.78 is 2.08. The van der Waals surface area contributed by atoms with Crippen molar-refractivity contribution in [2.75, 3.05) is 0 Å². The quantitative estimate of drug-likeness (QED) is 0.630. The molecule has 1 atom stereocenters. The van der Waals surface area contributed by atoms with Gasteiger partial charge in [-0.15, -0.1) is 0 Å². The van der Waals surface area contributed by atoms with Crippen LogP contribution in [0.4, 0.5) is 0 Å². The third-order valence-electron chi connectivity index (χ3n) is 4.08. The average Bonchev–Trinajstić information content (AvgIpc) is 2.40. The Morgan fingerprint density at radius 3 is 2.40 bits per heavy atom. The summed E-state index contributed by atoms with van der Waals surface area (Å²) >= 11 is 5.79. The molecule has 0 saturated heterocycles. The first-order chi connectivity index (χ1) is 9.65. The lowest BCUT2D eigenvalue weighted by Gasteiger charge is -2.26. The molecule has 0 spiro atoms. The van der Waals surface area contributed by atoms with Crippen LogP contribution in [0.1, 0.15) is 48.0 Å². The fourth-order valence-corrected chi connectivity index (χ4v) is 3.57. The van der Waals surface area contributed by atoms with E-state index in [-0.39, 0.29) is 0 Å². The number of aliphatic hydroxyl groups is 1. The van der Waals surface area contributed by atoms with Gasteiger partial charge in [-0.05, 0) is 70.7 Å². The van der Waals surface area contributed by atoms with Crippen LogP contribution in [-0.4, -0.2) is 5.11 Å². The third-order valence-corrected chi connectivity index (χ3v) is 5.47. The second-order valence-corrected chi connectivity index (χ2v) is 7.46. The molecule has 20 heavy (non-hydrogen) atoms. The summed E-state index contributed by atoms with van der Waals surface area (Å²) in [6, 6.07) is 14.5. The standard InChI is InChI=1S/C17H16BrIO/c18-16-9-8-14(19)10-15(16)17(20)13-6-4-12(5-7-13)11-2-1-3-11/h4-11,17,20H,1-3H2. The SMILES string of the molecule is OC(c1ccc(C2CCC2)cc1)c1cc(I)ccc1Br.